The third-order valence-electron chi connectivity index (χ3n) is 3.34. The fraction of sp³-hybridized carbons (Fsp3) is 0.235. The van der Waals surface area contributed by atoms with Crippen LogP contribution in [0.5, 0.6) is 5.75 Å². The Hall–Kier alpha value is -2.32. The molecule has 3 aromatic rings. The van der Waals surface area contributed by atoms with Crippen molar-refractivity contribution in [2.24, 2.45) is 0 Å². The zero-order valence-corrected chi connectivity index (χ0v) is 15.2. The van der Waals surface area contributed by atoms with Crippen molar-refractivity contribution in [2.75, 3.05) is 19.4 Å². The van der Waals surface area contributed by atoms with E-state index in [2.05, 4.69) is 21.6 Å². The van der Waals surface area contributed by atoms with Gasteiger partial charge >= 0.3 is 0 Å². The number of nitrogens with one attached hydrogen (secondary N) is 1. The summed E-state index contributed by atoms with van der Waals surface area (Å²) >= 11 is 2.92. The van der Waals surface area contributed by atoms with E-state index in [4.69, 9.17) is 9.15 Å². The standard InChI is InChI=1S/C17H17N3O3S2/c1-22-13-6-4-12(5-7-13)16-19-20-17(23-16)25-11-15(21)18-9-8-14-3-2-10-24-14/h2-7,10H,8-9,11H2,1H3,(H,18,21). The van der Waals surface area contributed by atoms with Crippen LogP contribution in [0.2, 0.25) is 0 Å². The van der Waals surface area contributed by atoms with E-state index in [0.717, 1.165) is 17.7 Å². The smallest absolute Gasteiger partial charge is 0.277 e. The van der Waals surface area contributed by atoms with Crippen LogP contribution in [0.3, 0.4) is 0 Å². The van der Waals surface area contributed by atoms with Crippen LogP contribution >= 0.6 is 23.1 Å². The lowest BCUT2D eigenvalue weighted by Crippen LogP contribution is -2.27. The first-order valence-corrected chi connectivity index (χ1v) is 9.51. The third-order valence-corrected chi connectivity index (χ3v) is 5.10. The molecule has 3 rings (SSSR count). The monoisotopic (exact) mass is 375 g/mol. The topological polar surface area (TPSA) is 77.2 Å². The molecule has 8 heteroatoms. The molecular weight excluding hydrogens is 358 g/mol. The van der Waals surface area contributed by atoms with Crippen molar-refractivity contribution in [1.82, 2.24) is 15.5 Å². The van der Waals surface area contributed by atoms with Gasteiger partial charge in [0.1, 0.15) is 5.75 Å². The van der Waals surface area contributed by atoms with Gasteiger partial charge < -0.3 is 14.5 Å². The summed E-state index contributed by atoms with van der Waals surface area (Å²) in [7, 11) is 1.61. The molecule has 2 heterocycles. The molecule has 0 bridgehead atoms. The van der Waals surface area contributed by atoms with Gasteiger partial charge in [-0.3, -0.25) is 4.79 Å². The number of methoxy groups -OCH3 is 1. The Bertz CT molecular complexity index is 801. The summed E-state index contributed by atoms with van der Waals surface area (Å²) in [6.07, 6.45) is 0.844. The normalized spacial score (nSPS) is 10.6. The van der Waals surface area contributed by atoms with E-state index in [9.17, 15) is 4.79 Å². The Kier molecular flexibility index (Phi) is 6.08. The van der Waals surface area contributed by atoms with Gasteiger partial charge in [0.15, 0.2) is 0 Å². The van der Waals surface area contributed by atoms with E-state index in [1.165, 1.54) is 16.6 Å². The summed E-state index contributed by atoms with van der Waals surface area (Å²) in [6.45, 7) is 0.626. The van der Waals surface area contributed by atoms with E-state index in [-0.39, 0.29) is 11.7 Å². The zero-order chi connectivity index (χ0) is 17.5. The van der Waals surface area contributed by atoms with Gasteiger partial charge in [0.05, 0.1) is 12.9 Å². The maximum absolute atomic E-state index is 11.9. The number of thiophene rings is 1. The number of benzene rings is 1. The highest BCUT2D eigenvalue weighted by Gasteiger charge is 2.11. The first-order chi connectivity index (χ1) is 12.2. The lowest BCUT2D eigenvalue weighted by Gasteiger charge is -2.02. The quantitative estimate of drug-likeness (QED) is 0.609. The predicted molar refractivity (Wildman–Crippen MR) is 98.0 cm³/mol. The Morgan fingerprint density at radius 3 is 2.84 bits per heavy atom. The van der Waals surface area contributed by atoms with E-state index in [1.54, 1.807) is 18.4 Å². The molecule has 130 valence electrons. The van der Waals surface area contributed by atoms with E-state index in [0.29, 0.717) is 17.7 Å². The molecule has 0 radical (unpaired) electrons. The van der Waals surface area contributed by atoms with Crippen LogP contribution in [0, 0.1) is 0 Å². The number of carbonyl (C=O) groups excluding carboxylic acids is 1. The fourth-order valence-corrected chi connectivity index (χ4v) is 3.38. The summed E-state index contributed by atoms with van der Waals surface area (Å²) in [6, 6.07) is 11.4. The predicted octanol–water partition coefficient (Wildman–Crippen LogP) is 3.26. The molecule has 1 amide bonds. The third kappa shape index (κ3) is 5.07. The lowest BCUT2D eigenvalue weighted by molar-refractivity contribution is -0.118. The van der Waals surface area contributed by atoms with Crippen LogP contribution in [0.15, 0.2) is 51.4 Å². The van der Waals surface area contributed by atoms with Crippen LogP contribution in [0.25, 0.3) is 11.5 Å². The van der Waals surface area contributed by atoms with Crippen molar-refractivity contribution in [1.29, 1.82) is 0 Å². The molecule has 0 spiro atoms. The Labute approximate surface area is 153 Å². The van der Waals surface area contributed by atoms with Gasteiger partial charge in [0.2, 0.25) is 11.8 Å². The van der Waals surface area contributed by atoms with E-state index in [1.807, 2.05) is 35.7 Å². The number of thioether (sulfide) groups is 1. The Balaban J connectivity index is 1.45. The molecule has 0 atom stereocenters. The molecule has 0 fully saturated rings. The zero-order valence-electron chi connectivity index (χ0n) is 13.6. The number of amides is 1. The Morgan fingerprint density at radius 2 is 2.12 bits per heavy atom. The van der Waals surface area contributed by atoms with Gasteiger partial charge in [-0.1, -0.05) is 17.8 Å². The number of nitrogens with zero attached hydrogens (tertiary/aromatic N) is 2. The summed E-state index contributed by atoms with van der Waals surface area (Å²) in [5.74, 6) is 1.38. The summed E-state index contributed by atoms with van der Waals surface area (Å²) in [5.41, 5.74) is 0.806. The molecular formula is C17H17N3O3S2. The minimum Gasteiger partial charge on any atom is -0.497 e. The maximum atomic E-state index is 11.9. The van der Waals surface area contributed by atoms with Crippen molar-refractivity contribution in [2.45, 2.75) is 11.6 Å². The lowest BCUT2D eigenvalue weighted by atomic mass is 10.2. The number of carbonyl (C=O) groups is 1. The molecule has 0 unspecified atom stereocenters. The number of hydrogen-bond donors (Lipinski definition) is 1. The summed E-state index contributed by atoms with van der Waals surface area (Å²) in [4.78, 5) is 13.1. The van der Waals surface area contributed by atoms with Crippen LogP contribution < -0.4 is 10.1 Å². The largest absolute Gasteiger partial charge is 0.497 e. The summed E-state index contributed by atoms with van der Waals surface area (Å²) in [5, 5.41) is 13.3. The SMILES string of the molecule is COc1ccc(-c2nnc(SCC(=O)NCCc3cccs3)o2)cc1. The highest BCUT2D eigenvalue weighted by atomic mass is 32.2. The van der Waals surface area contributed by atoms with Crippen LogP contribution in [0.1, 0.15) is 4.88 Å². The molecule has 2 aromatic heterocycles. The second-order valence-corrected chi connectivity index (χ2v) is 7.03. The number of hydrogen-bond acceptors (Lipinski definition) is 7. The van der Waals surface area contributed by atoms with E-state index < -0.39 is 0 Å². The molecule has 0 aliphatic rings. The average Bonchev–Trinajstić information content (AvgIpc) is 3.32. The van der Waals surface area contributed by atoms with Crippen molar-refractivity contribution in [3.63, 3.8) is 0 Å². The minimum absolute atomic E-state index is 0.0502. The van der Waals surface area contributed by atoms with Gasteiger partial charge in [-0.15, -0.1) is 21.5 Å². The highest BCUT2D eigenvalue weighted by Crippen LogP contribution is 2.24. The molecule has 0 aliphatic heterocycles. The minimum atomic E-state index is -0.0502. The van der Waals surface area contributed by atoms with Crippen molar-refractivity contribution >= 4 is 29.0 Å². The second kappa shape index (κ2) is 8.68. The second-order valence-electron chi connectivity index (χ2n) is 5.07. The number of aromatic nitrogens is 2. The molecule has 25 heavy (non-hydrogen) atoms. The van der Waals surface area contributed by atoms with Crippen LogP contribution in [-0.2, 0) is 11.2 Å². The molecule has 1 aromatic carbocycles. The molecule has 0 saturated carbocycles. The van der Waals surface area contributed by atoms with Gasteiger partial charge in [-0.05, 0) is 42.1 Å². The van der Waals surface area contributed by atoms with Crippen molar-refractivity contribution in [3.05, 3.63) is 46.7 Å². The maximum Gasteiger partial charge on any atom is 0.277 e. The van der Waals surface area contributed by atoms with Gasteiger partial charge in [-0.2, -0.15) is 0 Å². The van der Waals surface area contributed by atoms with Crippen LogP contribution in [0.4, 0.5) is 0 Å². The Morgan fingerprint density at radius 1 is 1.28 bits per heavy atom. The van der Waals surface area contributed by atoms with Crippen molar-refractivity contribution < 1.29 is 13.9 Å². The average molecular weight is 375 g/mol. The first-order valence-electron chi connectivity index (χ1n) is 7.64. The first kappa shape index (κ1) is 17.5. The van der Waals surface area contributed by atoms with Gasteiger partial charge in [0, 0.05) is 17.0 Å². The molecule has 6 nitrogen and oxygen atoms in total. The molecule has 0 saturated heterocycles. The number of rotatable bonds is 8. The molecule has 1 N–H and O–H groups in total. The van der Waals surface area contributed by atoms with Crippen LogP contribution in [-0.4, -0.2) is 35.5 Å². The highest BCUT2D eigenvalue weighted by molar-refractivity contribution is 7.99. The summed E-state index contributed by atoms with van der Waals surface area (Å²) < 4.78 is 10.7. The molecule has 0 aliphatic carbocycles. The number of ether oxygens (including phenoxy) is 1. The van der Waals surface area contributed by atoms with Gasteiger partial charge in [-0.25, -0.2) is 0 Å². The van der Waals surface area contributed by atoms with Gasteiger partial charge in [0.25, 0.3) is 5.22 Å². The van der Waals surface area contributed by atoms with Crippen molar-refractivity contribution in [3.8, 4) is 17.2 Å². The fourth-order valence-electron chi connectivity index (χ4n) is 2.08. The van der Waals surface area contributed by atoms with E-state index >= 15 is 0 Å².